The third-order valence-electron chi connectivity index (χ3n) is 0.292. The van der Waals surface area contributed by atoms with Crippen LogP contribution >= 0.6 is 13.5 Å². The Morgan fingerprint density at radius 2 is 2.14 bits per heavy atom. The van der Waals surface area contributed by atoms with Crippen LogP contribution in [0.4, 0.5) is 0 Å². The van der Waals surface area contributed by atoms with Crippen molar-refractivity contribution in [3.63, 3.8) is 0 Å². The third-order valence-corrected chi connectivity index (χ3v) is 0.877. The Balaban J connectivity index is 0. The van der Waals surface area contributed by atoms with E-state index in [4.69, 9.17) is 10.3 Å². The lowest BCUT2D eigenvalue weighted by molar-refractivity contribution is 0.564. The van der Waals surface area contributed by atoms with Crippen molar-refractivity contribution in [3.05, 3.63) is 0 Å². The van der Waals surface area contributed by atoms with Gasteiger partial charge >= 0.3 is 0 Å². The molecule has 0 aliphatic rings. The topological polar surface area (TPSA) is 63.3 Å². The molecule has 0 radical (unpaired) electrons. The lowest BCUT2D eigenvalue weighted by Crippen LogP contribution is -2.08. The van der Waals surface area contributed by atoms with E-state index in [1.54, 1.807) is 0 Å². The molecule has 5 heteroatoms. The minimum atomic E-state index is -1.69. The molecule has 0 heterocycles. The molecular weight excluding hydrogens is 134 g/mol. The van der Waals surface area contributed by atoms with Crippen LogP contribution < -0.4 is 5.73 Å². The summed E-state index contributed by atoms with van der Waals surface area (Å²) in [7, 11) is 0. The molecule has 0 bridgehead atoms. The van der Waals surface area contributed by atoms with Crippen LogP contribution in [0, 0.1) is 0 Å². The maximum absolute atomic E-state index is 9.63. The van der Waals surface area contributed by atoms with Crippen LogP contribution in [0.3, 0.4) is 0 Å². The zero-order chi connectivity index (χ0) is 4.99. The first kappa shape index (κ1) is 10.4. The highest BCUT2D eigenvalue weighted by atomic mass is 32.2. The second-order valence-electron chi connectivity index (χ2n) is 0.814. The van der Waals surface area contributed by atoms with Crippen molar-refractivity contribution in [2.24, 2.45) is 5.73 Å². The van der Waals surface area contributed by atoms with E-state index in [0.29, 0.717) is 0 Å². The van der Waals surface area contributed by atoms with Crippen molar-refractivity contribution in [1.29, 1.82) is 0 Å². The molecule has 0 amide bonds. The summed E-state index contributed by atoms with van der Waals surface area (Å²) in [6.45, 7) is 0.281. The van der Waals surface area contributed by atoms with E-state index in [0.717, 1.165) is 0 Å². The van der Waals surface area contributed by atoms with Gasteiger partial charge in [0.05, 0.1) is 5.75 Å². The van der Waals surface area contributed by atoms with Gasteiger partial charge in [-0.3, -0.25) is 0 Å². The van der Waals surface area contributed by atoms with Crippen molar-refractivity contribution >= 4 is 24.6 Å². The molecule has 0 aromatic carbocycles. The zero-order valence-corrected chi connectivity index (χ0v) is 5.57. The molecular formula is C2H9NO2S2. The first-order valence-electron chi connectivity index (χ1n) is 1.55. The summed E-state index contributed by atoms with van der Waals surface area (Å²) in [5, 5.41) is 0. The zero-order valence-electron chi connectivity index (χ0n) is 3.76. The van der Waals surface area contributed by atoms with Crippen molar-refractivity contribution in [2.75, 3.05) is 12.3 Å². The SMILES string of the molecule is NCCS(=O)O.S. The highest BCUT2D eigenvalue weighted by Crippen LogP contribution is 1.64. The van der Waals surface area contributed by atoms with E-state index in [-0.39, 0.29) is 25.8 Å². The molecule has 0 aromatic rings. The van der Waals surface area contributed by atoms with Crippen LogP contribution in [0.1, 0.15) is 0 Å². The van der Waals surface area contributed by atoms with E-state index in [2.05, 4.69) is 0 Å². The molecule has 1 atom stereocenters. The number of nitrogens with two attached hydrogens (primary N) is 1. The maximum Gasteiger partial charge on any atom is 0.154 e. The summed E-state index contributed by atoms with van der Waals surface area (Å²) in [6.07, 6.45) is 0. The number of hydrogen-bond donors (Lipinski definition) is 2. The van der Waals surface area contributed by atoms with Gasteiger partial charge in [0.15, 0.2) is 11.1 Å². The summed E-state index contributed by atoms with van der Waals surface area (Å²) in [5.74, 6) is 0.181. The summed E-state index contributed by atoms with van der Waals surface area (Å²) in [4.78, 5) is 0. The second kappa shape index (κ2) is 6.42. The summed E-state index contributed by atoms with van der Waals surface area (Å²) >= 11 is -1.69. The fraction of sp³-hybridized carbons (Fsp3) is 1.00. The normalized spacial score (nSPS) is 12.3. The van der Waals surface area contributed by atoms with Crippen LogP contribution in [-0.2, 0) is 11.1 Å². The summed E-state index contributed by atoms with van der Waals surface area (Å²) in [5.41, 5.74) is 4.88. The van der Waals surface area contributed by atoms with Gasteiger partial charge in [-0.05, 0) is 0 Å². The molecule has 0 aromatic heterocycles. The van der Waals surface area contributed by atoms with Gasteiger partial charge in [-0.25, -0.2) is 4.21 Å². The van der Waals surface area contributed by atoms with Crippen LogP contribution in [0.15, 0.2) is 0 Å². The van der Waals surface area contributed by atoms with E-state index < -0.39 is 11.1 Å². The van der Waals surface area contributed by atoms with Crippen molar-refractivity contribution < 1.29 is 8.76 Å². The lowest BCUT2D eigenvalue weighted by Gasteiger charge is -1.82. The number of hydrogen-bond acceptors (Lipinski definition) is 2. The smallest absolute Gasteiger partial charge is 0.154 e. The fourth-order valence-electron chi connectivity index (χ4n) is 0.101. The molecule has 0 saturated carbocycles. The first-order chi connectivity index (χ1) is 2.77. The average molecular weight is 143 g/mol. The minimum absolute atomic E-state index is 0. The second-order valence-corrected chi connectivity index (χ2v) is 1.87. The molecule has 3 N–H and O–H groups in total. The highest BCUT2D eigenvalue weighted by Gasteiger charge is 1.83. The van der Waals surface area contributed by atoms with E-state index >= 15 is 0 Å². The van der Waals surface area contributed by atoms with E-state index in [1.165, 1.54) is 0 Å². The average Bonchev–Trinajstić information content (AvgIpc) is 1.35. The number of rotatable bonds is 2. The summed E-state index contributed by atoms with van der Waals surface area (Å²) < 4.78 is 17.6. The van der Waals surface area contributed by atoms with Gasteiger partial charge in [0.25, 0.3) is 0 Å². The monoisotopic (exact) mass is 143 g/mol. The lowest BCUT2D eigenvalue weighted by atomic mass is 10.8. The van der Waals surface area contributed by atoms with E-state index in [9.17, 15) is 4.21 Å². The predicted octanol–water partition coefficient (Wildman–Crippen LogP) is -0.720. The van der Waals surface area contributed by atoms with Crippen LogP contribution in [0.2, 0.25) is 0 Å². The molecule has 7 heavy (non-hydrogen) atoms. The Bertz CT molecular complexity index is 57.7. The first-order valence-corrected chi connectivity index (χ1v) is 2.82. The van der Waals surface area contributed by atoms with Crippen LogP contribution in [0.25, 0.3) is 0 Å². The maximum atomic E-state index is 9.63. The summed E-state index contributed by atoms with van der Waals surface area (Å²) in [6, 6.07) is 0. The van der Waals surface area contributed by atoms with Crippen molar-refractivity contribution in [1.82, 2.24) is 0 Å². The Kier molecular flexibility index (Phi) is 9.55. The molecule has 1 unspecified atom stereocenters. The van der Waals surface area contributed by atoms with Gasteiger partial charge in [-0.1, -0.05) is 0 Å². The standard InChI is InChI=1S/C2H7NO2S.H2S/c3-1-2-6(4)5;/h1-3H2,(H,4,5);1H2. The third kappa shape index (κ3) is 10.7. The van der Waals surface area contributed by atoms with Crippen LogP contribution in [-0.4, -0.2) is 21.1 Å². The highest BCUT2D eigenvalue weighted by molar-refractivity contribution is 7.79. The van der Waals surface area contributed by atoms with E-state index in [1.807, 2.05) is 0 Å². The largest absolute Gasteiger partial charge is 0.329 e. The van der Waals surface area contributed by atoms with Crippen molar-refractivity contribution in [3.8, 4) is 0 Å². The molecule has 0 spiro atoms. The molecule has 0 saturated heterocycles. The van der Waals surface area contributed by atoms with Gasteiger partial charge in [0, 0.05) is 6.54 Å². The van der Waals surface area contributed by atoms with Gasteiger partial charge in [0.1, 0.15) is 0 Å². The van der Waals surface area contributed by atoms with Gasteiger partial charge in [-0.15, -0.1) is 0 Å². The fourth-order valence-corrected chi connectivity index (χ4v) is 0.302. The Labute approximate surface area is 52.0 Å². The molecule has 46 valence electrons. The predicted molar refractivity (Wildman–Crippen MR) is 35.1 cm³/mol. The molecule has 0 aliphatic carbocycles. The van der Waals surface area contributed by atoms with Crippen molar-refractivity contribution in [2.45, 2.75) is 0 Å². The molecule has 3 nitrogen and oxygen atoms in total. The van der Waals surface area contributed by atoms with Crippen LogP contribution in [0.5, 0.6) is 0 Å². The minimum Gasteiger partial charge on any atom is -0.329 e. The Morgan fingerprint density at radius 1 is 1.71 bits per heavy atom. The molecule has 0 aliphatic heterocycles. The Hall–Kier alpha value is 0.420. The Morgan fingerprint density at radius 3 is 2.14 bits per heavy atom. The van der Waals surface area contributed by atoms with Gasteiger partial charge < -0.3 is 10.3 Å². The molecule has 0 rings (SSSR count). The molecule has 0 fully saturated rings. The van der Waals surface area contributed by atoms with Gasteiger partial charge in [-0.2, -0.15) is 13.5 Å². The van der Waals surface area contributed by atoms with Gasteiger partial charge in [0.2, 0.25) is 0 Å². The quantitative estimate of drug-likeness (QED) is 0.501.